The monoisotopic (exact) mass is 380 g/mol. The number of carbonyl (C=O) groups excluding carboxylic acids is 1. The van der Waals surface area contributed by atoms with E-state index in [1.807, 2.05) is 12.1 Å². The SMILES string of the molecule is O=C(Nc1cn[nH]c1-c1ccccc1F)c1csc(Nc2ccccn2)n1. The third kappa shape index (κ3) is 3.67. The van der Waals surface area contributed by atoms with E-state index in [0.29, 0.717) is 27.9 Å². The van der Waals surface area contributed by atoms with Gasteiger partial charge < -0.3 is 10.6 Å². The van der Waals surface area contributed by atoms with Gasteiger partial charge in [0.15, 0.2) is 5.13 Å². The number of nitrogens with zero attached hydrogens (tertiary/aromatic N) is 3. The zero-order valence-corrected chi connectivity index (χ0v) is 14.6. The molecule has 0 bridgehead atoms. The van der Waals surface area contributed by atoms with E-state index in [0.717, 1.165) is 0 Å². The zero-order chi connectivity index (χ0) is 18.6. The highest BCUT2D eigenvalue weighted by Gasteiger charge is 2.17. The van der Waals surface area contributed by atoms with E-state index < -0.39 is 11.7 Å². The van der Waals surface area contributed by atoms with Crippen LogP contribution < -0.4 is 10.6 Å². The van der Waals surface area contributed by atoms with Crippen LogP contribution in [0.4, 0.5) is 21.0 Å². The summed E-state index contributed by atoms with van der Waals surface area (Å²) in [5, 5.41) is 14.5. The minimum absolute atomic E-state index is 0.235. The number of pyridine rings is 1. The van der Waals surface area contributed by atoms with Crippen molar-refractivity contribution in [3.8, 4) is 11.3 Å². The lowest BCUT2D eigenvalue weighted by Gasteiger charge is -2.05. The van der Waals surface area contributed by atoms with E-state index >= 15 is 0 Å². The van der Waals surface area contributed by atoms with E-state index in [-0.39, 0.29) is 5.69 Å². The van der Waals surface area contributed by atoms with Crippen molar-refractivity contribution in [2.45, 2.75) is 0 Å². The first-order valence-corrected chi connectivity index (χ1v) is 8.82. The third-order valence-electron chi connectivity index (χ3n) is 3.67. The molecule has 0 atom stereocenters. The van der Waals surface area contributed by atoms with Crippen LogP contribution in [-0.2, 0) is 0 Å². The van der Waals surface area contributed by atoms with Crippen LogP contribution in [0.15, 0.2) is 60.2 Å². The molecule has 4 aromatic rings. The Labute approximate surface area is 157 Å². The Bertz CT molecular complexity index is 1080. The van der Waals surface area contributed by atoms with Gasteiger partial charge in [-0.15, -0.1) is 11.3 Å². The van der Waals surface area contributed by atoms with Gasteiger partial charge in [0.1, 0.15) is 17.3 Å². The second kappa shape index (κ2) is 7.34. The number of aromatic nitrogens is 4. The molecule has 27 heavy (non-hydrogen) atoms. The summed E-state index contributed by atoms with van der Waals surface area (Å²) < 4.78 is 14.0. The number of nitrogens with one attached hydrogen (secondary N) is 3. The van der Waals surface area contributed by atoms with Crippen LogP contribution in [0.5, 0.6) is 0 Å². The molecule has 0 saturated heterocycles. The fourth-order valence-electron chi connectivity index (χ4n) is 2.42. The van der Waals surface area contributed by atoms with Gasteiger partial charge in [0.2, 0.25) is 0 Å². The maximum atomic E-state index is 14.0. The molecular formula is C18H13FN6OS. The van der Waals surface area contributed by atoms with Gasteiger partial charge in [-0.1, -0.05) is 18.2 Å². The second-order valence-corrected chi connectivity index (χ2v) is 6.33. The predicted octanol–water partition coefficient (Wildman–Crippen LogP) is 4.06. The summed E-state index contributed by atoms with van der Waals surface area (Å²) in [4.78, 5) is 20.9. The molecule has 0 spiro atoms. The standard InChI is InChI=1S/C18H13FN6OS/c19-12-6-2-1-5-11(12)16-13(9-21-25-16)22-17(26)14-10-27-18(23-14)24-15-7-3-4-8-20-15/h1-10H,(H,21,25)(H,22,26)(H,20,23,24). The van der Waals surface area contributed by atoms with Crippen molar-refractivity contribution in [2.24, 2.45) is 0 Å². The first kappa shape index (κ1) is 16.9. The highest BCUT2D eigenvalue weighted by Crippen LogP contribution is 2.28. The largest absolute Gasteiger partial charge is 0.317 e. The Morgan fingerprint density at radius 3 is 2.81 bits per heavy atom. The number of hydrogen-bond donors (Lipinski definition) is 3. The van der Waals surface area contributed by atoms with Crippen LogP contribution in [0.25, 0.3) is 11.3 Å². The summed E-state index contributed by atoms with van der Waals surface area (Å²) in [7, 11) is 0. The lowest BCUT2D eigenvalue weighted by Crippen LogP contribution is -2.12. The number of hydrogen-bond acceptors (Lipinski definition) is 6. The molecule has 0 unspecified atom stereocenters. The topological polar surface area (TPSA) is 95.6 Å². The maximum Gasteiger partial charge on any atom is 0.275 e. The van der Waals surface area contributed by atoms with Gasteiger partial charge >= 0.3 is 0 Å². The van der Waals surface area contributed by atoms with Crippen LogP contribution in [0.1, 0.15) is 10.5 Å². The average molecular weight is 380 g/mol. The van der Waals surface area contributed by atoms with Crippen molar-refractivity contribution < 1.29 is 9.18 Å². The summed E-state index contributed by atoms with van der Waals surface area (Å²) in [6, 6.07) is 11.7. The van der Waals surface area contributed by atoms with Gasteiger partial charge in [0.25, 0.3) is 5.91 Å². The first-order valence-electron chi connectivity index (χ1n) is 7.94. The molecule has 1 aromatic carbocycles. The lowest BCUT2D eigenvalue weighted by molar-refractivity contribution is 0.102. The highest BCUT2D eigenvalue weighted by molar-refractivity contribution is 7.14. The van der Waals surface area contributed by atoms with Crippen molar-refractivity contribution in [3.63, 3.8) is 0 Å². The molecule has 3 N–H and O–H groups in total. The molecule has 9 heteroatoms. The maximum absolute atomic E-state index is 14.0. The number of carbonyl (C=O) groups is 1. The van der Waals surface area contributed by atoms with Gasteiger partial charge in [-0.2, -0.15) is 5.10 Å². The Hall–Kier alpha value is -3.59. The molecule has 0 radical (unpaired) electrons. The number of anilines is 3. The molecular weight excluding hydrogens is 367 g/mol. The first-order chi connectivity index (χ1) is 13.2. The molecule has 3 aromatic heterocycles. The van der Waals surface area contributed by atoms with Crippen molar-refractivity contribution in [3.05, 3.63) is 71.7 Å². The minimum atomic E-state index is -0.417. The summed E-state index contributed by atoms with van der Waals surface area (Å²) in [5.74, 6) is -0.192. The number of aromatic amines is 1. The van der Waals surface area contributed by atoms with Crippen LogP contribution in [0.3, 0.4) is 0 Å². The number of thiazole rings is 1. The number of H-pyrrole nitrogens is 1. The molecule has 7 nitrogen and oxygen atoms in total. The second-order valence-electron chi connectivity index (χ2n) is 5.47. The van der Waals surface area contributed by atoms with E-state index in [4.69, 9.17) is 0 Å². The summed E-state index contributed by atoms with van der Waals surface area (Å²) in [6.45, 7) is 0. The predicted molar refractivity (Wildman–Crippen MR) is 102 cm³/mol. The molecule has 0 aliphatic heterocycles. The minimum Gasteiger partial charge on any atom is -0.317 e. The molecule has 134 valence electrons. The van der Waals surface area contributed by atoms with E-state index in [9.17, 15) is 9.18 Å². The van der Waals surface area contributed by atoms with Crippen molar-refractivity contribution >= 4 is 33.9 Å². The Kier molecular flexibility index (Phi) is 4.58. The Morgan fingerprint density at radius 1 is 1.15 bits per heavy atom. The fraction of sp³-hybridized carbons (Fsp3) is 0. The smallest absolute Gasteiger partial charge is 0.275 e. The number of amides is 1. The van der Waals surface area contributed by atoms with Crippen LogP contribution in [0, 0.1) is 5.82 Å². The number of halogens is 1. The zero-order valence-electron chi connectivity index (χ0n) is 13.8. The van der Waals surface area contributed by atoms with E-state index in [1.54, 1.807) is 35.8 Å². The van der Waals surface area contributed by atoms with Gasteiger partial charge in [-0.25, -0.2) is 14.4 Å². The molecule has 0 saturated carbocycles. The molecule has 0 aliphatic rings. The van der Waals surface area contributed by atoms with Gasteiger partial charge in [0.05, 0.1) is 17.6 Å². The quantitative estimate of drug-likeness (QED) is 0.485. The van der Waals surface area contributed by atoms with Gasteiger partial charge in [0, 0.05) is 17.1 Å². The normalized spacial score (nSPS) is 10.6. The number of benzene rings is 1. The summed E-state index contributed by atoms with van der Waals surface area (Å²) >= 11 is 1.28. The van der Waals surface area contributed by atoms with Gasteiger partial charge in [-0.3, -0.25) is 9.89 Å². The van der Waals surface area contributed by atoms with Crippen LogP contribution in [-0.4, -0.2) is 26.1 Å². The van der Waals surface area contributed by atoms with Crippen molar-refractivity contribution in [1.82, 2.24) is 20.2 Å². The van der Waals surface area contributed by atoms with Crippen LogP contribution >= 0.6 is 11.3 Å². The van der Waals surface area contributed by atoms with E-state index in [2.05, 4.69) is 30.8 Å². The van der Waals surface area contributed by atoms with Crippen LogP contribution in [0.2, 0.25) is 0 Å². The highest BCUT2D eigenvalue weighted by atomic mass is 32.1. The van der Waals surface area contributed by atoms with Crippen molar-refractivity contribution in [1.29, 1.82) is 0 Å². The molecule has 3 heterocycles. The van der Waals surface area contributed by atoms with Gasteiger partial charge in [-0.05, 0) is 24.3 Å². The Balaban J connectivity index is 1.51. The third-order valence-corrected chi connectivity index (χ3v) is 4.43. The molecule has 0 aliphatic carbocycles. The van der Waals surface area contributed by atoms with E-state index in [1.165, 1.54) is 23.6 Å². The average Bonchev–Trinajstić information content (AvgIpc) is 3.33. The molecule has 1 amide bonds. The fourth-order valence-corrected chi connectivity index (χ4v) is 3.12. The molecule has 4 rings (SSSR count). The summed E-state index contributed by atoms with van der Waals surface area (Å²) in [6.07, 6.45) is 3.09. The Morgan fingerprint density at radius 2 is 2.00 bits per heavy atom. The molecule has 0 fully saturated rings. The van der Waals surface area contributed by atoms with Crippen molar-refractivity contribution in [2.75, 3.05) is 10.6 Å². The number of rotatable bonds is 5. The summed E-state index contributed by atoms with van der Waals surface area (Å²) in [5.41, 5.74) is 1.32. The lowest BCUT2D eigenvalue weighted by atomic mass is 10.1.